The van der Waals surface area contributed by atoms with Gasteiger partial charge in [-0.2, -0.15) is 13.2 Å². The Morgan fingerprint density at radius 2 is 1.89 bits per heavy atom. The number of benzene rings is 2. The summed E-state index contributed by atoms with van der Waals surface area (Å²) in [6.07, 6.45) is -3.98. The zero-order valence-corrected chi connectivity index (χ0v) is 14.1. The van der Waals surface area contributed by atoms with E-state index in [1.54, 1.807) is 23.5 Å². The van der Waals surface area contributed by atoms with E-state index in [9.17, 15) is 22.8 Å². The molecule has 0 aromatic heterocycles. The lowest BCUT2D eigenvalue weighted by Crippen LogP contribution is -2.41. The van der Waals surface area contributed by atoms with Crippen molar-refractivity contribution in [3.05, 3.63) is 47.5 Å². The van der Waals surface area contributed by atoms with E-state index in [1.165, 1.54) is 0 Å². The summed E-state index contributed by atoms with van der Waals surface area (Å²) in [7, 11) is 0. The van der Waals surface area contributed by atoms with Gasteiger partial charge < -0.3 is 15.5 Å². The molecule has 1 aliphatic rings. The summed E-state index contributed by atoms with van der Waals surface area (Å²) < 4.78 is 36.5. The smallest absolute Gasteiger partial charge is 0.395 e. The second-order valence-corrected chi connectivity index (χ2v) is 5.91. The van der Waals surface area contributed by atoms with Crippen LogP contribution in [0, 0.1) is 0 Å². The first kappa shape index (κ1) is 18.7. The molecule has 6 nitrogen and oxygen atoms in total. The van der Waals surface area contributed by atoms with Gasteiger partial charge in [-0.25, -0.2) is 0 Å². The highest BCUT2D eigenvalue weighted by Crippen LogP contribution is 2.25. The molecule has 27 heavy (non-hydrogen) atoms. The maximum Gasteiger partial charge on any atom is 0.405 e. The summed E-state index contributed by atoms with van der Waals surface area (Å²) in [6, 6.07) is 10.8. The van der Waals surface area contributed by atoms with Crippen molar-refractivity contribution in [1.82, 2.24) is 10.6 Å². The quantitative estimate of drug-likeness (QED) is 0.837. The first-order chi connectivity index (χ1) is 12.8. The van der Waals surface area contributed by atoms with Gasteiger partial charge in [0.2, 0.25) is 5.91 Å². The van der Waals surface area contributed by atoms with E-state index >= 15 is 0 Å². The number of carbonyl (C=O) groups is 2. The Kier molecular flexibility index (Phi) is 5.29. The van der Waals surface area contributed by atoms with Crippen molar-refractivity contribution in [1.29, 1.82) is 0 Å². The molecule has 0 saturated heterocycles. The summed E-state index contributed by atoms with van der Waals surface area (Å²) in [6.45, 7) is -1.61. The van der Waals surface area contributed by atoms with Gasteiger partial charge in [-0.1, -0.05) is 41.6 Å². The van der Waals surface area contributed by atoms with Gasteiger partial charge in [0.15, 0.2) is 0 Å². The van der Waals surface area contributed by atoms with Crippen LogP contribution in [0.2, 0.25) is 0 Å². The fraction of sp³-hybridized carbons (Fsp3) is 0.278. The van der Waals surface area contributed by atoms with Crippen molar-refractivity contribution >= 4 is 28.3 Å². The van der Waals surface area contributed by atoms with E-state index in [0.717, 1.165) is 5.39 Å². The molecule has 3 rings (SSSR count). The maximum atomic E-state index is 12.7. The van der Waals surface area contributed by atoms with Gasteiger partial charge >= 0.3 is 6.18 Å². The van der Waals surface area contributed by atoms with Crippen molar-refractivity contribution in [2.45, 2.75) is 12.6 Å². The van der Waals surface area contributed by atoms with E-state index < -0.39 is 31.1 Å². The maximum absolute atomic E-state index is 12.7. The van der Waals surface area contributed by atoms with Crippen LogP contribution in [0.3, 0.4) is 0 Å². The Hall–Kier alpha value is -3.10. The van der Waals surface area contributed by atoms with Crippen LogP contribution in [0.5, 0.6) is 0 Å². The van der Waals surface area contributed by atoms with Crippen LogP contribution in [-0.2, 0) is 9.63 Å². The number of hydrogen-bond acceptors (Lipinski definition) is 4. The second kappa shape index (κ2) is 7.65. The Bertz CT molecular complexity index is 910. The highest BCUT2D eigenvalue weighted by molar-refractivity contribution is 6.17. The number of halogens is 3. The van der Waals surface area contributed by atoms with Crippen LogP contribution < -0.4 is 10.6 Å². The van der Waals surface area contributed by atoms with Crippen LogP contribution in [0.15, 0.2) is 41.6 Å². The normalized spacial score (nSPS) is 13.8. The van der Waals surface area contributed by atoms with Gasteiger partial charge in [-0.3, -0.25) is 9.59 Å². The van der Waals surface area contributed by atoms with E-state index in [-0.39, 0.29) is 0 Å². The molecular weight excluding hydrogens is 363 g/mol. The number of amides is 2. The Labute approximate surface area is 152 Å². The average Bonchev–Trinajstić information content (AvgIpc) is 3.17. The van der Waals surface area contributed by atoms with E-state index in [2.05, 4.69) is 10.5 Å². The van der Waals surface area contributed by atoms with Crippen molar-refractivity contribution in [2.75, 3.05) is 19.7 Å². The Morgan fingerprint density at radius 3 is 2.59 bits per heavy atom. The second-order valence-electron chi connectivity index (χ2n) is 5.91. The minimum absolute atomic E-state index is 0.306. The number of rotatable bonds is 5. The molecule has 0 fully saturated rings. The fourth-order valence-corrected chi connectivity index (χ4v) is 2.76. The van der Waals surface area contributed by atoms with Crippen molar-refractivity contribution < 1.29 is 27.6 Å². The SMILES string of the molecule is O=C(CNC(=O)c1c(C2=NOCC2)ccc2ccccc12)NCC(F)(F)F. The third-order valence-corrected chi connectivity index (χ3v) is 3.97. The first-order valence-electron chi connectivity index (χ1n) is 8.18. The largest absolute Gasteiger partial charge is 0.405 e. The van der Waals surface area contributed by atoms with Crippen molar-refractivity contribution in [2.24, 2.45) is 5.16 Å². The number of oxime groups is 1. The zero-order valence-electron chi connectivity index (χ0n) is 14.1. The molecule has 0 bridgehead atoms. The molecule has 1 heterocycles. The number of alkyl halides is 3. The monoisotopic (exact) mass is 379 g/mol. The molecule has 2 aromatic rings. The molecule has 0 atom stereocenters. The molecular formula is C18H16F3N3O3. The van der Waals surface area contributed by atoms with Gasteiger partial charge in [0, 0.05) is 12.0 Å². The summed E-state index contributed by atoms with van der Waals surface area (Å²) in [4.78, 5) is 29.3. The third-order valence-electron chi connectivity index (χ3n) is 3.97. The number of nitrogens with one attached hydrogen (secondary N) is 2. The van der Waals surface area contributed by atoms with Crippen LogP contribution in [-0.4, -0.2) is 43.4 Å². The number of hydrogen-bond donors (Lipinski definition) is 2. The van der Waals surface area contributed by atoms with Crippen LogP contribution in [0.1, 0.15) is 22.3 Å². The number of carbonyl (C=O) groups excluding carboxylic acids is 2. The third kappa shape index (κ3) is 4.55. The van der Waals surface area contributed by atoms with Crippen LogP contribution in [0.25, 0.3) is 10.8 Å². The molecule has 2 aromatic carbocycles. The molecule has 0 unspecified atom stereocenters. The van der Waals surface area contributed by atoms with Crippen LogP contribution >= 0.6 is 0 Å². The molecule has 1 aliphatic heterocycles. The van der Waals surface area contributed by atoms with E-state index in [1.807, 2.05) is 18.2 Å². The summed E-state index contributed by atoms with van der Waals surface area (Å²) in [5, 5.41) is 9.49. The fourth-order valence-electron chi connectivity index (χ4n) is 2.76. The Balaban J connectivity index is 1.82. The average molecular weight is 379 g/mol. The van der Waals surface area contributed by atoms with Gasteiger partial charge in [0.05, 0.1) is 17.8 Å². The molecule has 142 valence electrons. The minimum Gasteiger partial charge on any atom is -0.395 e. The number of nitrogens with zero attached hydrogens (tertiary/aromatic N) is 1. The standard InChI is InChI=1S/C18H16F3N3O3/c19-18(20,21)10-23-15(25)9-22-17(26)16-12-4-2-1-3-11(12)5-6-13(16)14-7-8-27-24-14/h1-6H,7-10H2,(H,22,26)(H,23,25). The van der Waals surface area contributed by atoms with Crippen molar-refractivity contribution in [3.63, 3.8) is 0 Å². The highest BCUT2D eigenvalue weighted by Gasteiger charge is 2.28. The molecule has 0 spiro atoms. The first-order valence-corrected chi connectivity index (χ1v) is 8.18. The topological polar surface area (TPSA) is 79.8 Å². The molecule has 2 N–H and O–H groups in total. The van der Waals surface area contributed by atoms with Gasteiger partial charge in [0.25, 0.3) is 5.91 Å². The number of fused-ring (bicyclic) bond motifs is 1. The van der Waals surface area contributed by atoms with Crippen molar-refractivity contribution in [3.8, 4) is 0 Å². The van der Waals surface area contributed by atoms with Gasteiger partial charge in [0.1, 0.15) is 13.2 Å². The summed E-state index contributed by atoms with van der Waals surface area (Å²) in [5.74, 6) is -1.50. The molecule has 0 radical (unpaired) electrons. The lowest BCUT2D eigenvalue weighted by molar-refractivity contribution is -0.137. The lowest BCUT2D eigenvalue weighted by Gasteiger charge is -2.13. The van der Waals surface area contributed by atoms with Crippen LogP contribution in [0.4, 0.5) is 13.2 Å². The molecule has 0 aliphatic carbocycles. The molecule has 9 heteroatoms. The predicted molar refractivity (Wildman–Crippen MR) is 92.5 cm³/mol. The summed E-state index contributed by atoms with van der Waals surface area (Å²) in [5.41, 5.74) is 1.48. The van der Waals surface area contributed by atoms with E-state index in [0.29, 0.717) is 35.3 Å². The molecule has 0 saturated carbocycles. The highest BCUT2D eigenvalue weighted by atomic mass is 19.4. The summed E-state index contributed by atoms with van der Waals surface area (Å²) >= 11 is 0. The van der Waals surface area contributed by atoms with Gasteiger partial charge in [-0.05, 0) is 10.8 Å². The zero-order chi connectivity index (χ0) is 19.4. The minimum atomic E-state index is -4.51. The Morgan fingerprint density at radius 1 is 1.11 bits per heavy atom. The van der Waals surface area contributed by atoms with Gasteiger partial charge in [-0.15, -0.1) is 0 Å². The predicted octanol–water partition coefficient (Wildman–Crippen LogP) is 2.37. The molecule has 2 amide bonds. The lowest BCUT2D eigenvalue weighted by atomic mass is 9.94. The van der Waals surface area contributed by atoms with E-state index in [4.69, 9.17) is 4.84 Å².